The van der Waals surface area contributed by atoms with Crippen molar-refractivity contribution in [3.63, 3.8) is 0 Å². The Hall–Kier alpha value is -1.55. The summed E-state index contributed by atoms with van der Waals surface area (Å²) in [5.41, 5.74) is 3.64. The number of morpholine rings is 1. The summed E-state index contributed by atoms with van der Waals surface area (Å²) in [7, 11) is 0. The summed E-state index contributed by atoms with van der Waals surface area (Å²) in [5, 5.41) is 9.26. The average Bonchev–Trinajstić information content (AvgIpc) is 3.30. The Morgan fingerprint density at radius 2 is 2.10 bits per heavy atom. The fraction of sp³-hybridized carbons (Fsp3) is 0.588. The van der Waals surface area contributed by atoms with E-state index in [9.17, 15) is 9.90 Å². The van der Waals surface area contributed by atoms with E-state index in [-0.39, 0.29) is 12.3 Å². The van der Waals surface area contributed by atoms with Gasteiger partial charge in [0.2, 0.25) is 0 Å². The van der Waals surface area contributed by atoms with Crippen molar-refractivity contribution in [2.24, 2.45) is 5.92 Å². The van der Waals surface area contributed by atoms with Gasteiger partial charge in [-0.15, -0.1) is 0 Å². The van der Waals surface area contributed by atoms with Crippen LogP contribution in [-0.2, 0) is 9.53 Å². The van der Waals surface area contributed by atoms with Gasteiger partial charge in [-0.1, -0.05) is 17.7 Å². The van der Waals surface area contributed by atoms with Gasteiger partial charge in [-0.2, -0.15) is 0 Å². The van der Waals surface area contributed by atoms with Gasteiger partial charge in [0, 0.05) is 18.8 Å². The normalized spacial score (nSPS) is 20.3. The number of hydrogen-bond acceptors (Lipinski definition) is 3. The molecule has 0 radical (unpaired) electrons. The fourth-order valence-electron chi connectivity index (χ4n) is 3.28. The molecule has 1 saturated heterocycles. The van der Waals surface area contributed by atoms with Crippen LogP contribution in [-0.4, -0.2) is 37.4 Å². The van der Waals surface area contributed by atoms with Crippen molar-refractivity contribution in [2.75, 3.05) is 31.2 Å². The van der Waals surface area contributed by atoms with Gasteiger partial charge in [0.25, 0.3) is 0 Å². The first kappa shape index (κ1) is 14.4. The van der Waals surface area contributed by atoms with Crippen LogP contribution >= 0.6 is 0 Å². The van der Waals surface area contributed by atoms with Gasteiger partial charge < -0.3 is 14.7 Å². The monoisotopic (exact) mass is 289 g/mol. The molecule has 1 heterocycles. The molecule has 1 aliphatic heterocycles. The maximum Gasteiger partial charge on any atom is 0.303 e. The smallest absolute Gasteiger partial charge is 0.303 e. The average molecular weight is 289 g/mol. The molecule has 0 spiro atoms. The largest absolute Gasteiger partial charge is 0.481 e. The van der Waals surface area contributed by atoms with Gasteiger partial charge in [-0.05, 0) is 43.2 Å². The number of rotatable bonds is 5. The first-order valence-electron chi connectivity index (χ1n) is 7.80. The number of nitrogens with zero attached hydrogens (tertiary/aromatic N) is 1. The van der Waals surface area contributed by atoms with Gasteiger partial charge in [-0.25, -0.2) is 0 Å². The van der Waals surface area contributed by atoms with Gasteiger partial charge in [0.15, 0.2) is 0 Å². The summed E-state index contributed by atoms with van der Waals surface area (Å²) in [5.74, 6) is 0.00395. The van der Waals surface area contributed by atoms with Gasteiger partial charge in [0.1, 0.15) is 0 Å². The Kier molecular flexibility index (Phi) is 4.15. The molecule has 2 aliphatic rings. The van der Waals surface area contributed by atoms with Crippen LogP contribution < -0.4 is 4.90 Å². The van der Waals surface area contributed by atoms with E-state index in [4.69, 9.17) is 4.74 Å². The zero-order valence-electron chi connectivity index (χ0n) is 12.5. The number of benzene rings is 1. The lowest BCUT2D eigenvalue weighted by atomic mass is 9.88. The Balaban J connectivity index is 1.93. The molecule has 3 rings (SSSR count). The van der Waals surface area contributed by atoms with Crippen molar-refractivity contribution >= 4 is 11.7 Å². The van der Waals surface area contributed by atoms with Gasteiger partial charge >= 0.3 is 5.97 Å². The van der Waals surface area contributed by atoms with E-state index in [0.717, 1.165) is 39.1 Å². The second kappa shape index (κ2) is 6.06. The summed E-state index contributed by atoms with van der Waals surface area (Å²) in [4.78, 5) is 13.6. The first-order valence-corrected chi connectivity index (χ1v) is 7.80. The van der Waals surface area contributed by atoms with Crippen molar-refractivity contribution in [1.82, 2.24) is 0 Å². The quantitative estimate of drug-likeness (QED) is 0.905. The third kappa shape index (κ3) is 3.38. The molecular formula is C17H23NO3. The van der Waals surface area contributed by atoms with Crippen molar-refractivity contribution in [1.29, 1.82) is 0 Å². The lowest BCUT2D eigenvalue weighted by molar-refractivity contribution is -0.137. The van der Waals surface area contributed by atoms with Crippen LogP contribution in [0.25, 0.3) is 0 Å². The molecule has 1 unspecified atom stereocenters. The summed E-state index contributed by atoms with van der Waals surface area (Å²) < 4.78 is 5.43. The molecule has 1 saturated carbocycles. The maximum absolute atomic E-state index is 11.3. The number of ether oxygens (including phenoxy) is 1. The van der Waals surface area contributed by atoms with Crippen molar-refractivity contribution in [2.45, 2.75) is 32.1 Å². The predicted molar refractivity (Wildman–Crippen MR) is 81.9 cm³/mol. The molecule has 4 heteroatoms. The molecule has 0 amide bonds. The minimum atomic E-state index is -0.693. The summed E-state index contributed by atoms with van der Waals surface area (Å²) >= 11 is 0. The van der Waals surface area contributed by atoms with Crippen LogP contribution in [0.4, 0.5) is 5.69 Å². The predicted octanol–water partition coefficient (Wildman–Crippen LogP) is 2.80. The molecule has 2 fully saturated rings. The molecule has 114 valence electrons. The highest BCUT2D eigenvalue weighted by Crippen LogP contribution is 2.47. The van der Waals surface area contributed by atoms with E-state index >= 15 is 0 Å². The SMILES string of the molecule is Cc1ccc(N2CCOCC2)c(C(CC(=O)O)C2CC2)c1. The van der Waals surface area contributed by atoms with Gasteiger partial charge in [0.05, 0.1) is 19.6 Å². The summed E-state index contributed by atoms with van der Waals surface area (Å²) in [6, 6.07) is 6.48. The van der Waals surface area contributed by atoms with Crippen LogP contribution in [0.15, 0.2) is 18.2 Å². The molecular weight excluding hydrogens is 266 g/mol. The first-order chi connectivity index (χ1) is 10.1. The number of hydrogen-bond donors (Lipinski definition) is 1. The highest BCUT2D eigenvalue weighted by atomic mass is 16.5. The van der Waals surface area contributed by atoms with E-state index in [1.807, 2.05) is 0 Å². The second-order valence-electron chi connectivity index (χ2n) is 6.20. The number of aryl methyl sites for hydroxylation is 1. The molecule has 1 atom stereocenters. The standard InChI is InChI=1S/C17H23NO3/c1-12-2-5-16(18-6-8-21-9-7-18)15(10-12)14(11-17(19)20)13-3-4-13/h2,5,10,13-14H,3-4,6-9,11H2,1H3,(H,19,20). The molecule has 4 nitrogen and oxygen atoms in total. The fourth-order valence-corrected chi connectivity index (χ4v) is 3.28. The Morgan fingerprint density at radius 1 is 1.38 bits per heavy atom. The minimum Gasteiger partial charge on any atom is -0.481 e. The molecule has 1 aromatic carbocycles. The Bertz CT molecular complexity index is 519. The Morgan fingerprint density at radius 3 is 2.71 bits per heavy atom. The number of carboxylic acids is 1. The Labute approximate surface area is 125 Å². The molecule has 1 N–H and O–H groups in total. The van der Waals surface area contributed by atoms with E-state index in [2.05, 4.69) is 30.0 Å². The zero-order valence-corrected chi connectivity index (χ0v) is 12.5. The van der Waals surface area contributed by atoms with Crippen molar-refractivity contribution in [3.8, 4) is 0 Å². The third-order valence-electron chi connectivity index (χ3n) is 4.52. The maximum atomic E-state index is 11.3. The second-order valence-corrected chi connectivity index (χ2v) is 6.20. The van der Waals surface area contributed by atoms with E-state index in [1.54, 1.807) is 0 Å². The van der Waals surface area contributed by atoms with Crippen LogP contribution in [0, 0.1) is 12.8 Å². The highest BCUT2D eigenvalue weighted by Gasteiger charge is 2.35. The number of carbonyl (C=O) groups is 1. The number of aliphatic carboxylic acids is 1. The van der Waals surface area contributed by atoms with Crippen LogP contribution in [0.2, 0.25) is 0 Å². The van der Waals surface area contributed by atoms with Crippen molar-refractivity contribution in [3.05, 3.63) is 29.3 Å². The van der Waals surface area contributed by atoms with E-state index < -0.39 is 5.97 Å². The van der Waals surface area contributed by atoms with E-state index in [1.165, 1.54) is 16.8 Å². The van der Waals surface area contributed by atoms with Gasteiger partial charge in [-0.3, -0.25) is 4.79 Å². The molecule has 21 heavy (non-hydrogen) atoms. The minimum absolute atomic E-state index is 0.153. The van der Waals surface area contributed by atoms with Crippen LogP contribution in [0.5, 0.6) is 0 Å². The lowest BCUT2D eigenvalue weighted by Gasteiger charge is -2.32. The summed E-state index contributed by atoms with van der Waals surface area (Å²) in [6.45, 7) is 5.36. The zero-order chi connectivity index (χ0) is 14.8. The molecule has 0 aromatic heterocycles. The molecule has 1 aromatic rings. The summed E-state index contributed by atoms with van der Waals surface area (Å²) in [6.07, 6.45) is 2.56. The van der Waals surface area contributed by atoms with Crippen molar-refractivity contribution < 1.29 is 14.6 Å². The highest BCUT2D eigenvalue weighted by molar-refractivity contribution is 5.69. The van der Waals surface area contributed by atoms with Crippen LogP contribution in [0.1, 0.15) is 36.3 Å². The number of carboxylic acid groups (broad SMARTS) is 1. The third-order valence-corrected chi connectivity index (χ3v) is 4.52. The number of anilines is 1. The van der Waals surface area contributed by atoms with E-state index in [0.29, 0.717) is 5.92 Å². The van der Waals surface area contributed by atoms with Crippen LogP contribution in [0.3, 0.4) is 0 Å². The molecule has 0 bridgehead atoms. The molecule has 1 aliphatic carbocycles. The lowest BCUT2D eigenvalue weighted by Crippen LogP contribution is -2.37. The topological polar surface area (TPSA) is 49.8 Å².